The van der Waals surface area contributed by atoms with E-state index in [9.17, 15) is 4.79 Å². The summed E-state index contributed by atoms with van der Waals surface area (Å²) in [7, 11) is 0. The Bertz CT molecular complexity index is 520. The molecule has 1 aromatic heterocycles. The Morgan fingerprint density at radius 3 is 2.75 bits per heavy atom. The standard InChI is InChI=1S/C12H12N2O2/c1-9-13-7-11(12(15)14-9)16-8-10-5-3-2-4-6-10/h2-7H,8H2,1H3,(H,13,14,15). The zero-order valence-electron chi connectivity index (χ0n) is 8.93. The third-order valence-corrected chi connectivity index (χ3v) is 2.13. The van der Waals surface area contributed by atoms with Crippen molar-refractivity contribution in [1.82, 2.24) is 9.97 Å². The van der Waals surface area contributed by atoms with Crippen LogP contribution in [0.15, 0.2) is 41.3 Å². The summed E-state index contributed by atoms with van der Waals surface area (Å²) >= 11 is 0. The van der Waals surface area contributed by atoms with Crippen LogP contribution in [0.5, 0.6) is 5.75 Å². The molecule has 4 heteroatoms. The van der Waals surface area contributed by atoms with Crippen LogP contribution in [0, 0.1) is 6.92 Å². The van der Waals surface area contributed by atoms with Gasteiger partial charge in [-0.1, -0.05) is 30.3 Å². The number of aryl methyl sites for hydroxylation is 1. The summed E-state index contributed by atoms with van der Waals surface area (Å²) in [6.07, 6.45) is 1.44. The fourth-order valence-corrected chi connectivity index (χ4v) is 1.31. The van der Waals surface area contributed by atoms with Gasteiger partial charge in [-0.15, -0.1) is 0 Å². The number of ether oxygens (including phenoxy) is 1. The Hall–Kier alpha value is -2.10. The maximum absolute atomic E-state index is 11.4. The van der Waals surface area contributed by atoms with Gasteiger partial charge < -0.3 is 9.72 Å². The number of hydrogen-bond acceptors (Lipinski definition) is 3. The predicted octanol–water partition coefficient (Wildman–Crippen LogP) is 1.66. The van der Waals surface area contributed by atoms with Crippen LogP contribution in [-0.2, 0) is 6.61 Å². The van der Waals surface area contributed by atoms with Crippen molar-refractivity contribution in [3.8, 4) is 5.75 Å². The monoisotopic (exact) mass is 216 g/mol. The highest BCUT2D eigenvalue weighted by molar-refractivity contribution is 5.17. The Kier molecular flexibility index (Phi) is 3.00. The lowest BCUT2D eigenvalue weighted by molar-refractivity contribution is 0.300. The third kappa shape index (κ3) is 2.48. The number of nitrogens with zero attached hydrogens (tertiary/aromatic N) is 1. The van der Waals surface area contributed by atoms with Crippen molar-refractivity contribution < 1.29 is 4.74 Å². The van der Waals surface area contributed by atoms with Crippen molar-refractivity contribution in [3.05, 3.63) is 58.3 Å². The Morgan fingerprint density at radius 2 is 2.06 bits per heavy atom. The Labute approximate surface area is 92.9 Å². The molecule has 0 unspecified atom stereocenters. The lowest BCUT2D eigenvalue weighted by atomic mass is 10.2. The topological polar surface area (TPSA) is 55.0 Å². The third-order valence-electron chi connectivity index (χ3n) is 2.13. The van der Waals surface area contributed by atoms with E-state index >= 15 is 0 Å². The first-order valence-corrected chi connectivity index (χ1v) is 4.98. The number of nitrogens with one attached hydrogen (secondary N) is 1. The van der Waals surface area contributed by atoms with Gasteiger partial charge in [0.05, 0.1) is 6.20 Å². The molecule has 1 N–H and O–H groups in total. The molecule has 0 fully saturated rings. The molecule has 2 aromatic rings. The molecule has 0 aliphatic carbocycles. The van der Waals surface area contributed by atoms with Gasteiger partial charge >= 0.3 is 0 Å². The average molecular weight is 216 g/mol. The van der Waals surface area contributed by atoms with Crippen LogP contribution in [0.2, 0.25) is 0 Å². The van der Waals surface area contributed by atoms with E-state index in [-0.39, 0.29) is 11.3 Å². The molecule has 1 heterocycles. The molecule has 0 saturated carbocycles. The molecule has 4 nitrogen and oxygen atoms in total. The number of benzene rings is 1. The first-order valence-electron chi connectivity index (χ1n) is 4.98. The SMILES string of the molecule is Cc1ncc(OCc2ccccc2)c(=O)[nH]1. The fraction of sp³-hybridized carbons (Fsp3) is 0.167. The van der Waals surface area contributed by atoms with Gasteiger partial charge in [0.2, 0.25) is 5.75 Å². The van der Waals surface area contributed by atoms with Crippen LogP contribution < -0.4 is 10.3 Å². The Balaban J connectivity index is 2.08. The van der Waals surface area contributed by atoms with E-state index in [4.69, 9.17) is 4.74 Å². The molecule has 2 rings (SSSR count). The van der Waals surface area contributed by atoms with Crippen molar-refractivity contribution in [3.63, 3.8) is 0 Å². The summed E-state index contributed by atoms with van der Waals surface area (Å²) in [5, 5.41) is 0. The van der Waals surface area contributed by atoms with Gasteiger partial charge in [-0.25, -0.2) is 4.98 Å². The lowest BCUT2D eigenvalue weighted by Gasteiger charge is -2.04. The molecule has 0 atom stereocenters. The number of rotatable bonds is 3. The molecule has 16 heavy (non-hydrogen) atoms. The van der Waals surface area contributed by atoms with Crippen molar-refractivity contribution in [2.24, 2.45) is 0 Å². The molecule has 0 bridgehead atoms. The normalized spacial score (nSPS) is 10.1. The molecular formula is C12H12N2O2. The van der Waals surface area contributed by atoms with Gasteiger partial charge in [-0.2, -0.15) is 0 Å². The highest BCUT2D eigenvalue weighted by Gasteiger charge is 2.01. The van der Waals surface area contributed by atoms with Crippen LogP contribution in [0.3, 0.4) is 0 Å². The summed E-state index contributed by atoms with van der Waals surface area (Å²) in [6.45, 7) is 2.09. The van der Waals surface area contributed by atoms with Gasteiger partial charge in [0.25, 0.3) is 5.56 Å². The molecule has 0 saturated heterocycles. The molecule has 0 amide bonds. The molecule has 82 valence electrons. The van der Waals surface area contributed by atoms with Gasteiger partial charge in [0.1, 0.15) is 12.4 Å². The number of H-pyrrole nitrogens is 1. The molecule has 0 aliphatic rings. The number of aromatic nitrogens is 2. The van der Waals surface area contributed by atoms with Crippen molar-refractivity contribution in [1.29, 1.82) is 0 Å². The van der Waals surface area contributed by atoms with Crippen LogP contribution in [0.25, 0.3) is 0 Å². The van der Waals surface area contributed by atoms with Crippen LogP contribution in [-0.4, -0.2) is 9.97 Å². The van der Waals surface area contributed by atoms with Crippen molar-refractivity contribution in [2.75, 3.05) is 0 Å². The summed E-state index contributed by atoms with van der Waals surface area (Å²) < 4.78 is 5.37. The van der Waals surface area contributed by atoms with E-state index in [1.807, 2.05) is 30.3 Å². The maximum atomic E-state index is 11.4. The molecule has 0 aliphatic heterocycles. The first-order chi connectivity index (χ1) is 7.75. The minimum Gasteiger partial charge on any atom is -0.482 e. The van der Waals surface area contributed by atoms with Gasteiger partial charge in [-0.3, -0.25) is 4.79 Å². The minimum atomic E-state index is -0.247. The largest absolute Gasteiger partial charge is 0.482 e. The van der Waals surface area contributed by atoms with E-state index < -0.39 is 0 Å². The summed E-state index contributed by atoms with van der Waals surface area (Å²) in [5.41, 5.74) is 0.769. The molecular weight excluding hydrogens is 204 g/mol. The van der Waals surface area contributed by atoms with E-state index in [2.05, 4.69) is 9.97 Å². The summed E-state index contributed by atoms with van der Waals surface area (Å²) in [5.74, 6) is 0.825. The summed E-state index contributed by atoms with van der Waals surface area (Å²) in [6, 6.07) is 9.67. The van der Waals surface area contributed by atoms with Gasteiger partial charge in [0, 0.05) is 0 Å². The number of hydrogen-bond donors (Lipinski definition) is 1. The molecule has 0 spiro atoms. The highest BCUT2D eigenvalue weighted by Crippen LogP contribution is 2.05. The molecule has 0 radical (unpaired) electrons. The minimum absolute atomic E-state index is 0.245. The Morgan fingerprint density at radius 1 is 1.31 bits per heavy atom. The quantitative estimate of drug-likeness (QED) is 0.848. The van der Waals surface area contributed by atoms with E-state index in [1.165, 1.54) is 6.20 Å². The zero-order valence-corrected chi connectivity index (χ0v) is 8.93. The second-order valence-electron chi connectivity index (χ2n) is 3.44. The van der Waals surface area contributed by atoms with Crippen LogP contribution in [0.1, 0.15) is 11.4 Å². The highest BCUT2D eigenvalue weighted by atomic mass is 16.5. The predicted molar refractivity (Wildman–Crippen MR) is 60.4 cm³/mol. The van der Waals surface area contributed by atoms with E-state index in [1.54, 1.807) is 6.92 Å². The zero-order chi connectivity index (χ0) is 11.4. The average Bonchev–Trinajstić information content (AvgIpc) is 2.29. The smallest absolute Gasteiger partial charge is 0.293 e. The van der Waals surface area contributed by atoms with Gasteiger partial charge in [0.15, 0.2) is 0 Å². The maximum Gasteiger partial charge on any atom is 0.293 e. The van der Waals surface area contributed by atoms with Crippen molar-refractivity contribution >= 4 is 0 Å². The van der Waals surface area contributed by atoms with Crippen LogP contribution >= 0.6 is 0 Å². The fourth-order valence-electron chi connectivity index (χ4n) is 1.31. The summed E-state index contributed by atoms with van der Waals surface area (Å²) in [4.78, 5) is 18.0. The first kappa shape index (κ1) is 10.4. The van der Waals surface area contributed by atoms with Crippen LogP contribution in [0.4, 0.5) is 0 Å². The van der Waals surface area contributed by atoms with E-state index in [0.29, 0.717) is 12.4 Å². The molecule has 1 aromatic carbocycles. The number of aromatic amines is 1. The van der Waals surface area contributed by atoms with Gasteiger partial charge in [-0.05, 0) is 12.5 Å². The van der Waals surface area contributed by atoms with E-state index in [0.717, 1.165) is 5.56 Å². The lowest BCUT2D eigenvalue weighted by Crippen LogP contribution is -2.13. The second kappa shape index (κ2) is 4.61. The van der Waals surface area contributed by atoms with Crippen molar-refractivity contribution in [2.45, 2.75) is 13.5 Å². The second-order valence-corrected chi connectivity index (χ2v) is 3.44.